The van der Waals surface area contributed by atoms with Crippen molar-refractivity contribution in [2.45, 2.75) is 19.0 Å². The van der Waals surface area contributed by atoms with Crippen molar-refractivity contribution in [2.75, 3.05) is 45.9 Å². The van der Waals surface area contributed by atoms with Crippen molar-refractivity contribution in [3.05, 3.63) is 35.9 Å². The molecule has 0 atom stereocenters. The molecule has 0 radical (unpaired) electrons. The Morgan fingerprint density at radius 3 is 2.38 bits per heavy atom. The van der Waals surface area contributed by atoms with E-state index in [0.29, 0.717) is 13.1 Å². The SMILES string of the molecule is O=C(CCOCC(F)(F)F)N1CCN(CCc2ccccc2)CC1. The number of nitrogens with zero attached hydrogens (tertiary/aromatic N) is 2. The number of ether oxygens (including phenoxy) is 1. The molecule has 0 aromatic heterocycles. The Labute approximate surface area is 140 Å². The molecule has 1 saturated heterocycles. The van der Waals surface area contributed by atoms with Crippen LogP contribution in [0.4, 0.5) is 13.2 Å². The minimum atomic E-state index is -4.34. The number of halogens is 3. The van der Waals surface area contributed by atoms with Gasteiger partial charge in [0.15, 0.2) is 0 Å². The molecular weight excluding hydrogens is 321 g/mol. The van der Waals surface area contributed by atoms with Crippen LogP contribution in [0.1, 0.15) is 12.0 Å². The summed E-state index contributed by atoms with van der Waals surface area (Å²) >= 11 is 0. The lowest BCUT2D eigenvalue weighted by Gasteiger charge is -2.34. The topological polar surface area (TPSA) is 32.8 Å². The number of hydrogen-bond acceptors (Lipinski definition) is 3. The summed E-state index contributed by atoms with van der Waals surface area (Å²) in [6.45, 7) is 2.28. The first kappa shape index (κ1) is 18.7. The first-order valence-electron chi connectivity index (χ1n) is 8.12. The fourth-order valence-corrected chi connectivity index (χ4v) is 2.66. The minimum absolute atomic E-state index is 0.0000946. The molecule has 1 heterocycles. The Hall–Kier alpha value is -1.60. The molecule has 0 aliphatic carbocycles. The Bertz CT molecular complexity index is 500. The van der Waals surface area contributed by atoms with E-state index in [-0.39, 0.29) is 18.9 Å². The molecular formula is C17H23F3N2O2. The summed E-state index contributed by atoms with van der Waals surface area (Å²) in [7, 11) is 0. The molecule has 1 fully saturated rings. The second kappa shape index (κ2) is 9.03. The largest absolute Gasteiger partial charge is 0.411 e. The molecule has 0 bridgehead atoms. The predicted molar refractivity (Wildman–Crippen MR) is 84.7 cm³/mol. The van der Waals surface area contributed by atoms with Crippen LogP contribution in [-0.2, 0) is 16.0 Å². The summed E-state index contributed by atoms with van der Waals surface area (Å²) in [6, 6.07) is 10.2. The van der Waals surface area contributed by atoms with Gasteiger partial charge in [-0.25, -0.2) is 0 Å². The number of piperazine rings is 1. The second-order valence-electron chi connectivity index (χ2n) is 5.88. The smallest absolute Gasteiger partial charge is 0.372 e. The van der Waals surface area contributed by atoms with Crippen molar-refractivity contribution in [1.29, 1.82) is 0 Å². The Morgan fingerprint density at radius 2 is 1.75 bits per heavy atom. The summed E-state index contributed by atoms with van der Waals surface area (Å²) < 4.78 is 40.3. The van der Waals surface area contributed by atoms with Crippen molar-refractivity contribution in [2.24, 2.45) is 0 Å². The molecule has 1 amide bonds. The lowest BCUT2D eigenvalue weighted by atomic mass is 10.1. The van der Waals surface area contributed by atoms with Gasteiger partial charge in [-0.15, -0.1) is 0 Å². The summed E-state index contributed by atoms with van der Waals surface area (Å²) in [5.41, 5.74) is 1.29. The Kier molecular flexibility index (Phi) is 7.05. The number of alkyl halides is 3. The standard InChI is InChI=1S/C17H23F3N2O2/c18-17(19,20)14-24-13-7-16(23)22-11-9-21(10-12-22)8-6-15-4-2-1-3-5-15/h1-5H,6-14H2. The van der Waals surface area contributed by atoms with Gasteiger partial charge in [-0.05, 0) is 12.0 Å². The third-order valence-electron chi connectivity index (χ3n) is 4.01. The molecule has 0 N–H and O–H groups in total. The van der Waals surface area contributed by atoms with E-state index in [9.17, 15) is 18.0 Å². The first-order chi connectivity index (χ1) is 11.4. The van der Waals surface area contributed by atoms with Crippen molar-refractivity contribution in [3.8, 4) is 0 Å². The Morgan fingerprint density at radius 1 is 1.08 bits per heavy atom. The highest BCUT2D eigenvalue weighted by molar-refractivity contribution is 5.76. The number of carbonyl (C=O) groups excluding carboxylic acids is 1. The summed E-state index contributed by atoms with van der Waals surface area (Å²) in [6.07, 6.45) is -3.37. The maximum atomic E-state index is 12.0. The fraction of sp³-hybridized carbons (Fsp3) is 0.588. The van der Waals surface area contributed by atoms with Crippen molar-refractivity contribution >= 4 is 5.91 Å². The van der Waals surface area contributed by atoms with Crippen LogP contribution in [0.2, 0.25) is 0 Å². The van der Waals surface area contributed by atoms with E-state index in [0.717, 1.165) is 26.1 Å². The normalized spacial score (nSPS) is 16.4. The van der Waals surface area contributed by atoms with Gasteiger partial charge in [-0.3, -0.25) is 9.69 Å². The molecule has 1 aromatic rings. The minimum Gasteiger partial charge on any atom is -0.372 e. The Balaban J connectivity index is 1.60. The van der Waals surface area contributed by atoms with E-state index >= 15 is 0 Å². The van der Waals surface area contributed by atoms with Gasteiger partial charge in [-0.2, -0.15) is 13.2 Å². The van der Waals surface area contributed by atoms with E-state index in [1.54, 1.807) is 4.90 Å². The average molecular weight is 344 g/mol. The molecule has 7 heteroatoms. The number of hydrogen-bond donors (Lipinski definition) is 0. The van der Waals surface area contributed by atoms with Crippen molar-refractivity contribution in [3.63, 3.8) is 0 Å². The summed E-state index contributed by atoms with van der Waals surface area (Å²) in [5.74, 6) is -0.139. The highest BCUT2D eigenvalue weighted by Gasteiger charge is 2.27. The van der Waals surface area contributed by atoms with Gasteiger partial charge in [0.25, 0.3) is 0 Å². The van der Waals surface area contributed by atoms with Crippen LogP contribution in [-0.4, -0.2) is 67.8 Å². The molecule has 0 saturated carbocycles. The molecule has 134 valence electrons. The zero-order valence-corrected chi connectivity index (χ0v) is 13.6. The van der Waals surface area contributed by atoms with Gasteiger partial charge in [-0.1, -0.05) is 30.3 Å². The van der Waals surface area contributed by atoms with Crippen LogP contribution in [0.3, 0.4) is 0 Å². The van der Waals surface area contributed by atoms with Gasteiger partial charge < -0.3 is 9.64 Å². The lowest BCUT2D eigenvalue weighted by Crippen LogP contribution is -2.49. The molecule has 4 nitrogen and oxygen atoms in total. The maximum Gasteiger partial charge on any atom is 0.411 e. The number of rotatable bonds is 7. The van der Waals surface area contributed by atoms with Gasteiger partial charge >= 0.3 is 6.18 Å². The summed E-state index contributed by atoms with van der Waals surface area (Å²) in [4.78, 5) is 16.0. The summed E-state index contributed by atoms with van der Waals surface area (Å²) in [5, 5.41) is 0. The molecule has 24 heavy (non-hydrogen) atoms. The van der Waals surface area contributed by atoms with E-state index in [1.165, 1.54) is 5.56 Å². The molecule has 0 spiro atoms. The molecule has 1 aromatic carbocycles. The zero-order valence-electron chi connectivity index (χ0n) is 13.6. The van der Waals surface area contributed by atoms with E-state index in [4.69, 9.17) is 0 Å². The van der Waals surface area contributed by atoms with Gasteiger partial charge in [0.05, 0.1) is 13.0 Å². The third kappa shape index (κ3) is 6.88. The number of amides is 1. The van der Waals surface area contributed by atoms with Gasteiger partial charge in [0, 0.05) is 32.7 Å². The fourth-order valence-electron chi connectivity index (χ4n) is 2.66. The van der Waals surface area contributed by atoms with E-state index in [2.05, 4.69) is 21.8 Å². The third-order valence-corrected chi connectivity index (χ3v) is 4.01. The van der Waals surface area contributed by atoms with Crippen molar-refractivity contribution in [1.82, 2.24) is 9.80 Å². The predicted octanol–water partition coefficient (Wildman–Crippen LogP) is 2.34. The van der Waals surface area contributed by atoms with Crippen LogP contribution >= 0.6 is 0 Å². The average Bonchev–Trinajstić information content (AvgIpc) is 2.57. The van der Waals surface area contributed by atoms with Crippen molar-refractivity contribution < 1.29 is 22.7 Å². The van der Waals surface area contributed by atoms with Crippen LogP contribution in [0.15, 0.2) is 30.3 Å². The quantitative estimate of drug-likeness (QED) is 0.712. The maximum absolute atomic E-state index is 12.0. The monoisotopic (exact) mass is 344 g/mol. The van der Waals surface area contributed by atoms with Crippen LogP contribution in [0.25, 0.3) is 0 Å². The van der Waals surface area contributed by atoms with Crippen LogP contribution < -0.4 is 0 Å². The molecule has 1 aliphatic rings. The van der Waals surface area contributed by atoms with E-state index < -0.39 is 12.8 Å². The lowest BCUT2D eigenvalue weighted by molar-refractivity contribution is -0.175. The number of carbonyl (C=O) groups is 1. The van der Waals surface area contributed by atoms with Crippen LogP contribution in [0.5, 0.6) is 0 Å². The number of benzene rings is 1. The highest BCUT2D eigenvalue weighted by Crippen LogP contribution is 2.14. The molecule has 1 aliphatic heterocycles. The molecule has 0 unspecified atom stereocenters. The second-order valence-corrected chi connectivity index (χ2v) is 5.88. The van der Waals surface area contributed by atoms with Gasteiger partial charge in [0.1, 0.15) is 6.61 Å². The zero-order chi connectivity index (χ0) is 17.4. The van der Waals surface area contributed by atoms with E-state index in [1.807, 2.05) is 18.2 Å². The first-order valence-corrected chi connectivity index (χ1v) is 8.12. The van der Waals surface area contributed by atoms with Gasteiger partial charge in [0.2, 0.25) is 5.91 Å². The highest BCUT2D eigenvalue weighted by atomic mass is 19.4. The van der Waals surface area contributed by atoms with Crippen LogP contribution in [0, 0.1) is 0 Å². The molecule has 2 rings (SSSR count).